The maximum atomic E-state index is 12.1. The fraction of sp³-hybridized carbons (Fsp3) is 0.263. The summed E-state index contributed by atoms with van der Waals surface area (Å²) in [5.74, 6) is 1.40. The number of aryl methyl sites for hydroxylation is 2. The highest BCUT2D eigenvalue weighted by Crippen LogP contribution is 2.22. The number of imidazole rings is 1. The minimum atomic E-state index is -0.0588. The van der Waals surface area contributed by atoms with Crippen molar-refractivity contribution in [3.63, 3.8) is 0 Å². The highest BCUT2D eigenvalue weighted by Gasteiger charge is 2.08. The number of carbonyl (C=O) groups is 1. The molecular weight excluding hydrogens is 302 g/mol. The summed E-state index contributed by atoms with van der Waals surface area (Å²) < 4.78 is 7.67. The van der Waals surface area contributed by atoms with Crippen molar-refractivity contribution < 1.29 is 9.53 Å². The monoisotopic (exact) mass is 323 g/mol. The second kappa shape index (κ2) is 7.17. The number of nitrogens with zero attached hydrogens (tertiary/aromatic N) is 2. The van der Waals surface area contributed by atoms with Gasteiger partial charge in [-0.3, -0.25) is 14.5 Å². The Morgan fingerprint density at radius 1 is 1.17 bits per heavy atom. The molecule has 0 aliphatic rings. The Morgan fingerprint density at radius 2 is 1.96 bits per heavy atom. The first-order chi connectivity index (χ1) is 11.6. The molecular formula is C19H21N3O2. The first kappa shape index (κ1) is 16.1. The molecule has 2 aromatic heterocycles. The van der Waals surface area contributed by atoms with Gasteiger partial charge < -0.3 is 4.74 Å². The van der Waals surface area contributed by atoms with E-state index in [1.807, 2.05) is 60.8 Å². The minimum absolute atomic E-state index is 0.0588. The molecule has 3 aromatic rings. The van der Waals surface area contributed by atoms with E-state index < -0.39 is 0 Å². The van der Waals surface area contributed by atoms with Crippen LogP contribution in [-0.2, 0) is 4.79 Å². The van der Waals surface area contributed by atoms with E-state index in [2.05, 4.69) is 10.3 Å². The van der Waals surface area contributed by atoms with Crippen molar-refractivity contribution in [2.75, 3.05) is 11.9 Å². The highest BCUT2D eigenvalue weighted by molar-refractivity contribution is 5.89. The van der Waals surface area contributed by atoms with Gasteiger partial charge in [0.05, 0.1) is 18.3 Å². The number of pyridine rings is 1. The van der Waals surface area contributed by atoms with E-state index in [4.69, 9.17) is 4.74 Å². The van der Waals surface area contributed by atoms with Crippen LogP contribution in [-0.4, -0.2) is 21.9 Å². The average molecular weight is 323 g/mol. The van der Waals surface area contributed by atoms with Gasteiger partial charge in [0.15, 0.2) is 0 Å². The molecule has 0 saturated heterocycles. The number of nitrogens with one attached hydrogen (secondary N) is 1. The van der Waals surface area contributed by atoms with Crippen LogP contribution < -0.4 is 10.1 Å². The van der Waals surface area contributed by atoms with Gasteiger partial charge in [-0.2, -0.15) is 0 Å². The van der Waals surface area contributed by atoms with Crippen molar-refractivity contribution in [3.8, 4) is 5.75 Å². The number of rotatable bonds is 6. The third-order valence-corrected chi connectivity index (χ3v) is 3.89. The Kier molecular flexibility index (Phi) is 4.79. The van der Waals surface area contributed by atoms with Crippen LogP contribution in [0.25, 0.3) is 5.52 Å². The number of amides is 1. The number of anilines is 1. The van der Waals surface area contributed by atoms with E-state index in [-0.39, 0.29) is 5.91 Å². The summed E-state index contributed by atoms with van der Waals surface area (Å²) in [6.07, 6.45) is 4.66. The number of para-hydroxylation sites is 1. The number of carbonyl (C=O) groups excluding carboxylic acids is 1. The van der Waals surface area contributed by atoms with Gasteiger partial charge in [0.1, 0.15) is 5.75 Å². The molecule has 0 radical (unpaired) electrons. The van der Waals surface area contributed by atoms with Crippen LogP contribution in [0.4, 0.5) is 5.95 Å². The lowest BCUT2D eigenvalue weighted by Gasteiger charge is -2.11. The van der Waals surface area contributed by atoms with Crippen LogP contribution in [0, 0.1) is 13.8 Å². The molecule has 124 valence electrons. The molecule has 0 bridgehead atoms. The Hall–Kier alpha value is -2.82. The summed E-state index contributed by atoms with van der Waals surface area (Å²) in [4.78, 5) is 16.3. The quantitative estimate of drug-likeness (QED) is 0.703. The van der Waals surface area contributed by atoms with E-state index in [0.29, 0.717) is 25.4 Å². The van der Waals surface area contributed by atoms with Crippen molar-refractivity contribution in [2.24, 2.45) is 0 Å². The molecule has 5 heteroatoms. The van der Waals surface area contributed by atoms with Crippen molar-refractivity contribution >= 4 is 17.4 Å². The number of ether oxygens (including phenoxy) is 1. The summed E-state index contributed by atoms with van der Waals surface area (Å²) in [6.45, 7) is 4.57. The van der Waals surface area contributed by atoms with Crippen molar-refractivity contribution in [2.45, 2.75) is 26.7 Å². The molecule has 0 atom stereocenters. The largest absolute Gasteiger partial charge is 0.493 e. The normalized spacial score (nSPS) is 10.8. The molecule has 0 unspecified atom stereocenters. The molecule has 0 saturated carbocycles. The molecule has 0 fully saturated rings. The molecule has 0 aliphatic heterocycles. The number of benzene rings is 1. The van der Waals surface area contributed by atoms with Gasteiger partial charge in [-0.25, -0.2) is 4.98 Å². The Labute approximate surface area is 141 Å². The summed E-state index contributed by atoms with van der Waals surface area (Å²) >= 11 is 0. The molecule has 1 N–H and O–H groups in total. The lowest BCUT2D eigenvalue weighted by atomic mass is 10.1. The van der Waals surface area contributed by atoms with E-state index in [1.165, 1.54) is 0 Å². The Morgan fingerprint density at radius 3 is 2.75 bits per heavy atom. The van der Waals surface area contributed by atoms with Gasteiger partial charge in [-0.15, -0.1) is 0 Å². The zero-order valence-corrected chi connectivity index (χ0v) is 14.0. The van der Waals surface area contributed by atoms with Gasteiger partial charge in [0.25, 0.3) is 0 Å². The number of fused-ring (bicyclic) bond motifs is 1. The summed E-state index contributed by atoms with van der Waals surface area (Å²) in [7, 11) is 0. The Balaban J connectivity index is 1.49. The molecule has 3 rings (SSSR count). The molecule has 1 aromatic carbocycles. The lowest BCUT2D eigenvalue weighted by molar-refractivity contribution is -0.116. The minimum Gasteiger partial charge on any atom is -0.493 e. The summed E-state index contributed by atoms with van der Waals surface area (Å²) in [5.41, 5.74) is 3.18. The summed E-state index contributed by atoms with van der Waals surface area (Å²) in [5, 5.41) is 2.84. The van der Waals surface area contributed by atoms with Gasteiger partial charge in [0.2, 0.25) is 11.9 Å². The van der Waals surface area contributed by atoms with E-state index >= 15 is 0 Å². The smallest absolute Gasteiger partial charge is 0.226 e. The summed E-state index contributed by atoms with van der Waals surface area (Å²) in [6, 6.07) is 11.9. The number of aromatic nitrogens is 2. The zero-order chi connectivity index (χ0) is 16.9. The molecule has 5 nitrogen and oxygen atoms in total. The van der Waals surface area contributed by atoms with Crippen molar-refractivity contribution in [1.29, 1.82) is 0 Å². The van der Waals surface area contributed by atoms with Gasteiger partial charge in [-0.05, 0) is 43.5 Å². The van der Waals surface area contributed by atoms with E-state index in [0.717, 1.165) is 22.4 Å². The number of hydrogen-bond acceptors (Lipinski definition) is 3. The van der Waals surface area contributed by atoms with Crippen LogP contribution in [0.5, 0.6) is 5.75 Å². The lowest BCUT2D eigenvalue weighted by Crippen LogP contribution is -2.15. The molecule has 2 heterocycles. The third kappa shape index (κ3) is 3.56. The molecule has 0 aliphatic carbocycles. The second-order valence-corrected chi connectivity index (χ2v) is 5.80. The molecule has 24 heavy (non-hydrogen) atoms. The molecule has 0 spiro atoms. The second-order valence-electron chi connectivity index (χ2n) is 5.80. The van der Waals surface area contributed by atoms with Crippen molar-refractivity contribution in [3.05, 3.63) is 59.9 Å². The van der Waals surface area contributed by atoms with Crippen molar-refractivity contribution in [1.82, 2.24) is 9.38 Å². The van der Waals surface area contributed by atoms with Crippen LogP contribution in [0.3, 0.4) is 0 Å². The van der Waals surface area contributed by atoms with Gasteiger partial charge in [0, 0.05) is 12.6 Å². The fourth-order valence-electron chi connectivity index (χ4n) is 2.66. The third-order valence-electron chi connectivity index (χ3n) is 3.89. The molecule has 1 amide bonds. The fourth-order valence-corrected chi connectivity index (χ4v) is 2.66. The average Bonchev–Trinajstić information content (AvgIpc) is 2.97. The van der Waals surface area contributed by atoms with E-state index in [9.17, 15) is 4.79 Å². The van der Waals surface area contributed by atoms with Gasteiger partial charge >= 0.3 is 0 Å². The van der Waals surface area contributed by atoms with Gasteiger partial charge in [-0.1, -0.05) is 24.3 Å². The zero-order valence-electron chi connectivity index (χ0n) is 14.0. The first-order valence-electron chi connectivity index (χ1n) is 8.06. The Bertz CT molecular complexity index is 834. The van der Waals surface area contributed by atoms with Crippen LogP contribution in [0.2, 0.25) is 0 Å². The predicted octanol–water partition coefficient (Wildman–Crippen LogP) is 3.75. The first-order valence-corrected chi connectivity index (χ1v) is 8.06. The van der Waals surface area contributed by atoms with E-state index in [1.54, 1.807) is 6.20 Å². The van der Waals surface area contributed by atoms with Crippen LogP contribution in [0.15, 0.2) is 48.8 Å². The highest BCUT2D eigenvalue weighted by atomic mass is 16.5. The number of hydrogen-bond donors (Lipinski definition) is 1. The maximum absolute atomic E-state index is 12.1. The SMILES string of the molecule is Cc1cccc(C)c1OCCCC(=O)Nc1ncc2ccccn12. The van der Waals surface area contributed by atoms with Crippen LogP contribution >= 0.6 is 0 Å². The van der Waals surface area contributed by atoms with Crippen LogP contribution in [0.1, 0.15) is 24.0 Å². The standard InChI is InChI=1S/C19H21N3O2/c1-14-7-5-8-15(2)18(14)24-12-6-10-17(23)21-19-20-13-16-9-3-4-11-22(16)19/h3-5,7-9,11,13H,6,10,12H2,1-2H3,(H,20,21,23). The topological polar surface area (TPSA) is 55.6 Å². The predicted molar refractivity (Wildman–Crippen MR) is 94.5 cm³/mol. The maximum Gasteiger partial charge on any atom is 0.226 e.